The van der Waals surface area contributed by atoms with Crippen molar-refractivity contribution in [3.8, 4) is 17.1 Å². The fraction of sp³-hybridized carbons (Fsp3) is 0.292. The van der Waals surface area contributed by atoms with Gasteiger partial charge in [-0.2, -0.15) is 5.10 Å². The molecule has 1 saturated carbocycles. The summed E-state index contributed by atoms with van der Waals surface area (Å²) >= 11 is 6.16. The second-order valence-corrected chi connectivity index (χ2v) is 9.86. The highest BCUT2D eigenvalue weighted by molar-refractivity contribution is 6.30. The van der Waals surface area contributed by atoms with Gasteiger partial charge < -0.3 is 5.32 Å². The van der Waals surface area contributed by atoms with Crippen molar-refractivity contribution in [2.45, 2.75) is 44.4 Å². The van der Waals surface area contributed by atoms with Crippen LogP contribution in [0.1, 0.15) is 44.9 Å². The topological polar surface area (TPSA) is 101 Å². The van der Waals surface area contributed by atoms with Crippen LogP contribution in [0.15, 0.2) is 54.7 Å². The monoisotopic (exact) mass is 461 g/mol. The standard InChI is InChI=1S/C24H24ClN7O/c1-23(2,3)20-9-12-32(29-20)19-8-7-17(14-18(19)21-27-30-31-28-21)26-22(33)24(10-11-24)15-5-4-6-16(25)13-15/h4-9,12-14H,10-11H2,1-3H3,(H,26,33)(H,27,28,30,31). The van der Waals surface area contributed by atoms with Crippen LogP contribution >= 0.6 is 11.6 Å². The number of aromatic amines is 1. The molecule has 8 nitrogen and oxygen atoms in total. The van der Waals surface area contributed by atoms with Gasteiger partial charge in [0.25, 0.3) is 0 Å². The number of rotatable bonds is 5. The minimum absolute atomic E-state index is 0.0479. The van der Waals surface area contributed by atoms with Gasteiger partial charge in [-0.25, -0.2) is 9.78 Å². The number of anilines is 1. The van der Waals surface area contributed by atoms with Crippen LogP contribution in [0.2, 0.25) is 5.02 Å². The number of hydrogen-bond donors (Lipinski definition) is 2. The Bertz CT molecular complexity index is 1320. The molecule has 0 unspecified atom stereocenters. The summed E-state index contributed by atoms with van der Waals surface area (Å²) in [6.45, 7) is 6.35. The summed E-state index contributed by atoms with van der Waals surface area (Å²) in [7, 11) is 0. The van der Waals surface area contributed by atoms with Crippen molar-refractivity contribution in [3.63, 3.8) is 0 Å². The molecule has 168 valence electrons. The van der Waals surface area contributed by atoms with E-state index in [0.717, 1.165) is 35.3 Å². The Kier molecular flexibility index (Phi) is 5.05. The first-order valence-electron chi connectivity index (χ1n) is 10.8. The molecule has 2 aromatic carbocycles. The molecule has 2 heterocycles. The Morgan fingerprint density at radius 2 is 1.97 bits per heavy atom. The number of amides is 1. The number of carbonyl (C=O) groups is 1. The number of hydrogen-bond acceptors (Lipinski definition) is 5. The van der Waals surface area contributed by atoms with Crippen molar-refractivity contribution in [1.29, 1.82) is 0 Å². The first-order chi connectivity index (χ1) is 15.8. The molecule has 2 N–H and O–H groups in total. The van der Waals surface area contributed by atoms with E-state index in [4.69, 9.17) is 16.7 Å². The van der Waals surface area contributed by atoms with Crippen molar-refractivity contribution in [2.24, 2.45) is 0 Å². The molecule has 1 fully saturated rings. The molecule has 0 aliphatic heterocycles. The maximum atomic E-state index is 13.3. The molecule has 33 heavy (non-hydrogen) atoms. The predicted molar refractivity (Wildman–Crippen MR) is 126 cm³/mol. The van der Waals surface area contributed by atoms with Crippen LogP contribution in [0.4, 0.5) is 5.69 Å². The fourth-order valence-corrected chi connectivity index (χ4v) is 4.13. The third kappa shape index (κ3) is 4.02. The first kappa shape index (κ1) is 21.3. The van der Waals surface area contributed by atoms with E-state index in [1.54, 1.807) is 4.68 Å². The Hall–Kier alpha value is -3.52. The lowest BCUT2D eigenvalue weighted by Gasteiger charge is -2.17. The second-order valence-electron chi connectivity index (χ2n) is 9.42. The third-order valence-corrected chi connectivity index (χ3v) is 6.26. The lowest BCUT2D eigenvalue weighted by Crippen LogP contribution is -2.27. The van der Waals surface area contributed by atoms with Gasteiger partial charge in [-0.3, -0.25) is 4.79 Å². The molecular formula is C24H24ClN7O. The molecule has 2 aromatic heterocycles. The van der Waals surface area contributed by atoms with E-state index in [1.165, 1.54) is 0 Å². The number of carbonyl (C=O) groups excluding carboxylic acids is 1. The largest absolute Gasteiger partial charge is 0.325 e. The van der Waals surface area contributed by atoms with Gasteiger partial charge in [-0.1, -0.05) is 44.5 Å². The van der Waals surface area contributed by atoms with Gasteiger partial charge in [-0.05, 0) is 65.2 Å². The lowest BCUT2D eigenvalue weighted by molar-refractivity contribution is -0.118. The average Bonchev–Trinajstić information content (AvgIpc) is 3.17. The van der Waals surface area contributed by atoms with Crippen LogP contribution in [0.25, 0.3) is 17.1 Å². The lowest BCUT2D eigenvalue weighted by atomic mass is 9.93. The molecule has 4 aromatic rings. The minimum Gasteiger partial charge on any atom is -0.325 e. The number of benzene rings is 2. The zero-order valence-corrected chi connectivity index (χ0v) is 19.4. The zero-order chi connectivity index (χ0) is 23.2. The summed E-state index contributed by atoms with van der Waals surface area (Å²) in [5.74, 6) is 0.443. The average molecular weight is 462 g/mol. The first-order valence-corrected chi connectivity index (χ1v) is 11.2. The summed E-state index contributed by atoms with van der Waals surface area (Å²) in [5.41, 5.74) is 3.49. The number of halogens is 1. The van der Waals surface area contributed by atoms with E-state index in [-0.39, 0.29) is 11.3 Å². The van der Waals surface area contributed by atoms with Gasteiger partial charge in [0.2, 0.25) is 5.91 Å². The molecule has 0 atom stereocenters. The molecule has 1 aliphatic rings. The van der Waals surface area contributed by atoms with E-state index in [9.17, 15) is 4.79 Å². The van der Waals surface area contributed by atoms with Crippen LogP contribution in [-0.2, 0) is 15.6 Å². The quantitative estimate of drug-likeness (QED) is 0.449. The summed E-state index contributed by atoms with van der Waals surface area (Å²) < 4.78 is 1.80. The van der Waals surface area contributed by atoms with Crippen LogP contribution < -0.4 is 5.32 Å². The number of aromatic nitrogens is 6. The van der Waals surface area contributed by atoms with Crippen molar-refractivity contribution < 1.29 is 4.79 Å². The fourth-order valence-electron chi connectivity index (χ4n) is 3.94. The molecule has 0 spiro atoms. The van der Waals surface area contributed by atoms with Gasteiger partial charge >= 0.3 is 0 Å². The summed E-state index contributed by atoms with van der Waals surface area (Å²) in [6.07, 6.45) is 3.50. The van der Waals surface area contributed by atoms with E-state index in [0.29, 0.717) is 16.5 Å². The molecule has 1 amide bonds. The van der Waals surface area contributed by atoms with E-state index in [2.05, 4.69) is 46.7 Å². The smallest absolute Gasteiger partial charge is 0.235 e. The third-order valence-electron chi connectivity index (χ3n) is 6.02. The number of tetrazole rings is 1. The number of nitrogens with one attached hydrogen (secondary N) is 2. The van der Waals surface area contributed by atoms with Crippen LogP contribution in [0.3, 0.4) is 0 Å². The Labute approximate surface area is 196 Å². The van der Waals surface area contributed by atoms with E-state index >= 15 is 0 Å². The molecular weight excluding hydrogens is 438 g/mol. The Morgan fingerprint density at radius 3 is 2.61 bits per heavy atom. The minimum atomic E-state index is -0.541. The van der Waals surface area contributed by atoms with Crippen LogP contribution in [0, 0.1) is 0 Å². The van der Waals surface area contributed by atoms with Gasteiger partial charge in [0.15, 0.2) is 5.82 Å². The zero-order valence-electron chi connectivity index (χ0n) is 18.6. The van der Waals surface area contributed by atoms with Crippen LogP contribution in [-0.4, -0.2) is 36.3 Å². The molecule has 5 rings (SSSR count). The molecule has 1 aliphatic carbocycles. The van der Waals surface area contributed by atoms with Crippen molar-refractivity contribution in [1.82, 2.24) is 30.4 Å². The van der Waals surface area contributed by atoms with Crippen molar-refractivity contribution in [2.75, 3.05) is 5.32 Å². The van der Waals surface area contributed by atoms with E-state index in [1.807, 2.05) is 54.7 Å². The molecule has 0 bridgehead atoms. The highest BCUT2D eigenvalue weighted by Crippen LogP contribution is 2.49. The predicted octanol–water partition coefficient (Wildman–Crippen LogP) is 4.67. The maximum Gasteiger partial charge on any atom is 0.235 e. The maximum absolute atomic E-state index is 13.3. The number of nitrogens with zero attached hydrogens (tertiary/aromatic N) is 5. The van der Waals surface area contributed by atoms with Crippen molar-refractivity contribution in [3.05, 3.63) is 71.0 Å². The number of H-pyrrole nitrogens is 1. The molecule has 0 radical (unpaired) electrons. The van der Waals surface area contributed by atoms with E-state index < -0.39 is 5.41 Å². The highest BCUT2D eigenvalue weighted by atomic mass is 35.5. The molecule has 0 saturated heterocycles. The van der Waals surface area contributed by atoms with Gasteiger partial charge in [0.1, 0.15) is 0 Å². The SMILES string of the molecule is CC(C)(C)c1ccn(-c2ccc(NC(=O)C3(c4cccc(Cl)c4)CC3)cc2-c2nnn[nH]2)n1. The summed E-state index contributed by atoms with van der Waals surface area (Å²) in [6, 6.07) is 15.2. The van der Waals surface area contributed by atoms with Crippen molar-refractivity contribution >= 4 is 23.2 Å². The van der Waals surface area contributed by atoms with Gasteiger partial charge in [0, 0.05) is 27.9 Å². The molecule has 9 heteroatoms. The van der Waals surface area contributed by atoms with Gasteiger partial charge in [0.05, 0.1) is 16.8 Å². The van der Waals surface area contributed by atoms with Crippen LogP contribution in [0.5, 0.6) is 0 Å². The highest BCUT2D eigenvalue weighted by Gasteiger charge is 2.51. The summed E-state index contributed by atoms with van der Waals surface area (Å²) in [4.78, 5) is 13.3. The normalized spacial score (nSPS) is 14.8. The second kappa shape index (κ2) is 7.81. The Morgan fingerprint density at radius 1 is 1.15 bits per heavy atom. The summed E-state index contributed by atoms with van der Waals surface area (Å²) in [5, 5.41) is 22.8. The van der Waals surface area contributed by atoms with Gasteiger partial charge in [-0.15, -0.1) is 5.10 Å². The Balaban J connectivity index is 1.48.